The number of hydrogen-bond donors (Lipinski definition) is 0. The maximum atomic E-state index is 13.4. The van der Waals surface area contributed by atoms with E-state index in [0.717, 1.165) is 24.1 Å². The Bertz CT molecular complexity index is 1020. The summed E-state index contributed by atoms with van der Waals surface area (Å²) in [6.45, 7) is 6.35. The van der Waals surface area contributed by atoms with Gasteiger partial charge in [-0.25, -0.2) is 8.42 Å². The molecular weight excluding hydrogens is 410 g/mol. The summed E-state index contributed by atoms with van der Waals surface area (Å²) >= 11 is 0. The van der Waals surface area contributed by atoms with E-state index in [-0.39, 0.29) is 18.5 Å². The van der Waals surface area contributed by atoms with Crippen molar-refractivity contribution < 1.29 is 18.3 Å². The molecule has 0 saturated heterocycles. The van der Waals surface area contributed by atoms with Crippen LogP contribution >= 0.6 is 0 Å². The Morgan fingerprint density at radius 2 is 1.60 bits per heavy atom. The van der Waals surface area contributed by atoms with Crippen LogP contribution in [-0.4, -0.2) is 29.1 Å². The van der Waals surface area contributed by atoms with Gasteiger partial charge >= 0.3 is 0 Å². The quantitative estimate of drug-likeness (QED) is 0.421. The minimum absolute atomic E-state index is 0.00152. The van der Waals surface area contributed by atoms with Gasteiger partial charge < -0.3 is 0 Å². The molecule has 0 aliphatic rings. The molecule has 0 bridgehead atoms. The number of nitro benzene ring substituents is 2. The van der Waals surface area contributed by atoms with Crippen LogP contribution in [0.1, 0.15) is 39.2 Å². The van der Waals surface area contributed by atoms with Crippen LogP contribution in [0.5, 0.6) is 0 Å². The zero-order chi connectivity index (χ0) is 22.5. The topological polar surface area (TPSA) is 124 Å². The smallest absolute Gasteiger partial charge is 0.258 e. The van der Waals surface area contributed by atoms with Crippen LogP contribution in [0.3, 0.4) is 0 Å². The molecule has 162 valence electrons. The summed E-state index contributed by atoms with van der Waals surface area (Å²) in [6, 6.07) is 11.5. The van der Waals surface area contributed by atoms with E-state index < -0.39 is 36.1 Å². The van der Waals surface area contributed by atoms with E-state index >= 15 is 0 Å². The Morgan fingerprint density at radius 1 is 0.967 bits per heavy atom. The Kier molecular flexibility index (Phi) is 7.27. The molecule has 2 aromatic carbocycles. The van der Waals surface area contributed by atoms with E-state index in [1.165, 1.54) is 4.31 Å². The fourth-order valence-corrected chi connectivity index (χ4v) is 4.58. The molecule has 0 spiro atoms. The third-order valence-electron chi connectivity index (χ3n) is 4.50. The van der Waals surface area contributed by atoms with Gasteiger partial charge in [0.1, 0.15) is 0 Å². The lowest BCUT2D eigenvalue weighted by molar-refractivity contribution is -0.396. The van der Waals surface area contributed by atoms with Gasteiger partial charge in [0.15, 0.2) is 4.90 Å². The summed E-state index contributed by atoms with van der Waals surface area (Å²) in [6.07, 6.45) is 1.33. The minimum Gasteiger partial charge on any atom is -0.258 e. The molecule has 0 N–H and O–H groups in total. The molecule has 0 atom stereocenters. The van der Waals surface area contributed by atoms with Crippen LogP contribution in [-0.2, 0) is 16.6 Å². The number of benzene rings is 2. The molecule has 10 heteroatoms. The van der Waals surface area contributed by atoms with Crippen LogP contribution in [0, 0.1) is 25.6 Å². The maximum absolute atomic E-state index is 13.4. The molecule has 2 rings (SSSR count). The van der Waals surface area contributed by atoms with Gasteiger partial charge in [-0.2, -0.15) is 4.31 Å². The fourth-order valence-electron chi connectivity index (χ4n) is 2.98. The van der Waals surface area contributed by atoms with Gasteiger partial charge in [0.2, 0.25) is 10.0 Å². The lowest BCUT2D eigenvalue weighted by Gasteiger charge is -2.24. The van der Waals surface area contributed by atoms with Gasteiger partial charge in [0.05, 0.1) is 15.9 Å². The summed E-state index contributed by atoms with van der Waals surface area (Å²) in [5.74, 6) is 0. The second-order valence-corrected chi connectivity index (χ2v) is 10.1. The largest absolute Gasteiger partial charge is 0.296 e. The predicted molar refractivity (Wildman–Crippen MR) is 112 cm³/mol. The highest BCUT2D eigenvalue weighted by molar-refractivity contribution is 7.89. The van der Waals surface area contributed by atoms with Crippen molar-refractivity contribution >= 4 is 21.4 Å². The summed E-state index contributed by atoms with van der Waals surface area (Å²) in [4.78, 5) is 20.2. The van der Waals surface area contributed by atoms with Crippen molar-refractivity contribution in [1.29, 1.82) is 0 Å². The molecule has 2 aromatic rings. The van der Waals surface area contributed by atoms with Crippen LogP contribution in [0.25, 0.3) is 0 Å². The lowest BCUT2D eigenvalue weighted by atomic mass is 9.91. The predicted octanol–water partition coefficient (Wildman–Crippen LogP) is 4.52. The van der Waals surface area contributed by atoms with Crippen LogP contribution < -0.4 is 0 Å². The van der Waals surface area contributed by atoms with Gasteiger partial charge in [-0.1, -0.05) is 51.1 Å². The molecule has 0 unspecified atom stereocenters. The number of nitro groups is 2. The van der Waals surface area contributed by atoms with E-state index in [1.807, 2.05) is 26.8 Å². The fraction of sp³-hybridized carbons (Fsp3) is 0.400. The third-order valence-corrected chi connectivity index (χ3v) is 6.40. The number of sulfonamides is 1. The Balaban J connectivity index is 2.47. The van der Waals surface area contributed by atoms with Crippen LogP contribution in [0.2, 0.25) is 0 Å². The number of non-ortho nitro benzene ring substituents is 1. The van der Waals surface area contributed by atoms with Gasteiger partial charge in [0.25, 0.3) is 11.4 Å². The Labute approximate surface area is 175 Å². The Morgan fingerprint density at radius 3 is 2.13 bits per heavy atom. The highest BCUT2D eigenvalue weighted by atomic mass is 32.2. The lowest BCUT2D eigenvalue weighted by Crippen LogP contribution is -2.32. The molecule has 0 fully saturated rings. The van der Waals surface area contributed by atoms with Crippen LogP contribution in [0.4, 0.5) is 11.4 Å². The van der Waals surface area contributed by atoms with Gasteiger partial charge in [0, 0.05) is 19.2 Å². The maximum Gasteiger partial charge on any atom is 0.296 e. The van der Waals surface area contributed by atoms with E-state index in [9.17, 15) is 28.6 Å². The summed E-state index contributed by atoms with van der Waals surface area (Å²) in [5, 5.41) is 22.4. The first-order chi connectivity index (χ1) is 13.9. The molecule has 0 radical (unpaired) electrons. The first-order valence-corrected chi connectivity index (χ1v) is 10.8. The van der Waals surface area contributed by atoms with E-state index in [2.05, 4.69) is 0 Å². The average molecular weight is 436 g/mol. The second kappa shape index (κ2) is 9.31. The van der Waals surface area contributed by atoms with Crippen LogP contribution in [0.15, 0.2) is 53.4 Å². The summed E-state index contributed by atoms with van der Waals surface area (Å²) in [7, 11) is -4.27. The van der Waals surface area contributed by atoms with Crippen molar-refractivity contribution in [3.05, 3.63) is 74.3 Å². The highest BCUT2D eigenvalue weighted by Crippen LogP contribution is 2.32. The molecule has 0 aliphatic carbocycles. The number of hydrogen-bond acceptors (Lipinski definition) is 6. The molecule has 0 aromatic heterocycles. The first kappa shape index (κ1) is 23.4. The zero-order valence-corrected chi connectivity index (χ0v) is 18.0. The minimum atomic E-state index is -4.27. The molecule has 0 aliphatic heterocycles. The van der Waals surface area contributed by atoms with Gasteiger partial charge in [-0.3, -0.25) is 20.2 Å². The van der Waals surface area contributed by atoms with Crippen molar-refractivity contribution in [2.24, 2.45) is 5.41 Å². The van der Waals surface area contributed by atoms with E-state index in [1.54, 1.807) is 24.3 Å². The number of rotatable bonds is 9. The summed E-state index contributed by atoms with van der Waals surface area (Å²) in [5.41, 5.74) is -0.607. The van der Waals surface area contributed by atoms with E-state index in [0.29, 0.717) is 12.5 Å². The van der Waals surface area contributed by atoms with E-state index in [4.69, 9.17) is 0 Å². The van der Waals surface area contributed by atoms with Crippen molar-refractivity contribution in [3.63, 3.8) is 0 Å². The normalized spacial score (nSPS) is 12.1. The molecule has 0 saturated carbocycles. The average Bonchev–Trinajstić information content (AvgIpc) is 2.66. The van der Waals surface area contributed by atoms with Gasteiger partial charge in [-0.15, -0.1) is 0 Å². The van der Waals surface area contributed by atoms with Crippen molar-refractivity contribution in [1.82, 2.24) is 4.31 Å². The Hall–Kier alpha value is -2.85. The first-order valence-electron chi connectivity index (χ1n) is 9.39. The van der Waals surface area contributed by atoms with Crippen molar-refractivity contribution in [3.8, 4) is 0 Å². The molecule has 0 amide bonds. The van der Waals surface area contributed by atoms with Gasteiger partial charge in [-0.05, 0) is 29.9 Å². The molecular formula is C20H25N3O6S. The monoisotopic (exact) mass is 435 g/mol. The molecule has 9 nitrogen and oxygen atoms in total. The van der Waals surface area contributed by atoms with Crippen molar-refractivity contribution in [2.75, 3.05) is 6.54 Å². The SMILES string of the molecule is CC(C)(C)CCCN(Cc1ccccc1)S(=O)(=O)c1ccc([N+](=O)[O-])cc1[N+](=O)[O-]. The number of nitrogens with zero attached hydrogens (tertiary/aromatic N) is 3. The highest BCUT2D eigenvalue weighted by Gasteiger charge is 2.33. The molecule has 30 heavy (non-hydrogen) atoms. The summed E-state index contributed by atoms with van der Waals surface area (Å²) < 4.78 is 27.9. The third kappa shape index (κ3) is 6.07. The molecule has 0 heterocycles. The van der Waals surface area contributed by atoms with Crippen molar-refractivity contribution in [2.45, 2.75) is 45.1 Å². The second-order valence-electron chi connectivity index (χ2n) is 8.15. The standard InChI is InChI=1S/C20H25N3O6S/c1-20(2,3)12-7-13-21(15-16-8-5-4-6-9-16)30(28,29)19-11-10-17(22(24)25)14-18(19)23(26)27/h4-6,8-11,14H,7,12-13,15H2,1-3H3. The zero-order valence-electron chi connectivity index (χ0n) is 17.1.